The number of hydrogen-bond donors (Lipinski definition) is 1. The highest BCUT2D eigenvalue weighted by Gasteiger charge is 2.27. The van der Waals surface area contributed by atoms with Crippen molar-refractivity contribution in [2.24, 2.45) is 0 Å². The Hall–Kier alpha value is -1.92. The van der Waals surface area contributed by atoms with Gasteiger partial charge in [0.15, 0.2) is 0 Å². The van der Waals surface area contributed by atoms with Crippen molar-refractivity contribution >= 4 is 16.3 Å². The lowest BCUT2D eigenvalue weighted by molar-refractivity contribution is 0.248. The van der Waals surface area contributed by atoms with Crippen molar-refractivity contribution in [2.45, 2.75) is 19.9 Å². The van der Waals surface area contributed by atoms with E-state index < -0.39 is 0 Å². The Kier molecular flexibility index (Phi) is 3.90. The van der Waals surface area contributed by atoms with Crippen LogP contribution in [0.2, 0.25) is 0 Å². The van der Waals surface area contributed by atoms with Crippen LogP contribution < -0.4 is 0 Å². The molecule has 0 saturated carbocycles. The highest BCUT2D eigenvalue weighted by molar-refractivity contribution is 7.17. The average molecular weight is 302 g/mol. The highest BCUT2D eigenvalue weighted by Crippen LogP contribution is 2.39. The molecule has 110 valence electrons. The fourth-order valence-electron chi connectivity index (χ4n) is 2.62. The number of benzene rings is 1. The zero-order valence-electron chi connectivity index (χ0n) is 12.1. The van der Waals surface area contributed by atoms with Crippen LogP contribution in [-0.2, 0) is 0 Å². The van der Waals surface area contributed by atoms with Gasteiger partial charge in [-0.25, -0.2) is 4.98 Å². The first-order chi connectivity index (χ1) is 10.3. The molecular weight excluding hydrogens is 284 g/mol. The predicted molar refractivity (Wildman–Crippen MR) is 83.7 cm³/mol. The molecule has 0 radical (unpaired) electrons. The van der Waals surface area contributed by atoms with Gasteiger partial charge in [-0.15, -0.1) is 0 Å². The van der Waals surface area contributed by atoms with Gasteiger partial charge in [0.1, 0.15) is 6.33 Å². The second-order valence-electron chi connectivity index (χ2n) is 4.78. The van der Waals surface area contributed by atoms with Gasteiger partial charge in [0, 0.05) is 0 Å². The predicted octanol–water partition coefficient (Wildman–Crippen LogP) is 2.93. The Balaban J connectivity index is 2.14. The Morgan fingerprint density at radius 1 is 1.24 bits per heavy atom. The first-order valence-electron chi connectivity index (χ1n) is 7.06. The Morgan fingerprint density at radius 3 is 2.57 bits per heavy atom. The summed E-state index contributed by atoms with van der Waals surface area (Å²) >= 11 is 1.49. The van der Waals surface area contributed by atoms with Crippen LogP contribution in [0.15, 0.2) is 36.7 Å². The summed E-state index contributed by atoms with van der Waals surface area (Å²) in [5.41, 5.74) is 1.17. The average Bonchev–Trinajstić information content (AvgIpc) is 3.09. The minimum Gasteiger partial charge on any atom is -0.492 e. The van der Waals surface area contributed by atoms with Crippen molar-refractivity contribution in [3.63, 3.8) is 0 Å². The van der Waals surface area contributed by atoms with Gasteiger partial charge in [0.05, 0.1) is 10.9 Å². The third kappa shape index (κ3) is 2.41. The highest BCUT2D eigenvalue weighted by atomic mass is 32.1. The molecule has 1 N–H and O–H groups in total. The largest absolute Gasteiger partial charge is 0.492 e. The van der Waals surface area contributed by atoms with Crippen LogP contribution in [0.5, 0.6) is 5.88 Å². The number of nitrogens with zero attached hydrogens (tertiary/aromatic N) is 4. The van der Waals surface area contributed by atoms with E-state index in [9.17, 15) is 5.11 Å². The smallest absolute Gasteiger partial charge is 0.230 e. The molecule has 2 heterocycles. The third-order valence-electron chi connectivity index (χ3n) is 3.68. The van der Waals surface area contributed by atoms with E-state index in [2.05, 4.69) is 41.0 Å². The monoisotopic (exact) mass is 302 g/mol. The van der Waals surface area contributed by atoms with Gasteiger partial charge in [-0.3, -0.25) is 4.90 Å². The first kappa shape index (κ1) is 14.0. The van der Waals surface area contributed by atoms with Crippen LogP contribution >= 0.6 is 11.3 Å². The summed E-state index contributed by atoms with van der Waals surface area (Å²) in [5, 5.41) is 14.6. The van der Waals surface area contributed by atoms with E-state index >= 15 is 0 Å². The molecule has 3 aromatic rings. The number of hydrogen-bond acceptors (Lipinski definition) is 5. The zero-order chi connectivity index (χ0) is 14.8. The van der Waals surface area contributed by atoms with Crippen LogP contribution in [0.4, 0.5) is 0 Å². The van der Waals surface area contributed by atoms with E-state index in [0.29, 0.717) is 0 Å². The molecule has 2 aromatic heterocycles. The molecule has 6 heteroatoms. The van der Waals surface area contributed by atoms with Gasteiger partial charge in [0.2, 0.25) is 10.8 Å². The van der Waals surface area contributed by atoms with Crippen LogP contribution in [0.1, 0.15) is 30.3 Å². The van der Waals surface area contributed by atoms with Gasteiger partial charge in [-0.2, -0.15) is 9.61 Å². The van der Waals surface area contributed by atoms with Gasteiger partial charge in [-0.1, -0.05) is 55.5 Å². The standard InChI is InChI=1S/C15H18N4OS/c1-3-18(4-2)12(11-8-6-5-7-9-11)13-14(20)19-15(21-13)16-10-17-19/h5-10,12,20H,3-4H2,1-2H3. The molecule has 0 fully saturated rings. The van der Waals surface area contributed by atoms with E-state index in [-0.39, 0.29) is 11.9 Å². The van der Waals surface area contributed by atoms with E-state index in [1.807, 2.05) is 18.2 Å². The summed E-state index contributed by atoms with van der Waals surface area (Å²) in [5.74, 6) is 0.188. The maximum absolute atomic E-state index is 10.5. The van der Waals surface area contributed by atoms with Gasteiger partial charge >= 0.3 is 0 Å². The number of aromatic nitrogens is 3. The molecule has 0 aliphatic heterocycles. The second kappa shape index (κ2) is 5.83. The maximum Gasteiger partial charge on any atom is 0.230 e. The number of thiazole rings is 1. The second-order valence-corrected chi connectivity index (χ2v) is 5.79. The molecule has 1 atom stereocenters. The van der Waals surface area contributed by atoms with E-state index in [1.54, 1.807) is 0 Å². The number of aromatic hydroxyl groups is 1. The molecule has 21 heavy (non-hydrogen) atoms. The van der Waals surface area contributed by atoms with Crippen molar-refractivity contribution in [1.29, 1.82) is 0 Å². The Morgan fingerprint density at radius 2 is 1.95 bits per heavy atom. The van der Waals surface area contributed by atoms with Crippen molar-refractivity contribution in [3.8, 4) is 5.88 Å². The maximum atomic E-state index is 10.5. The molecule has 1 aromatic carbocycles. The van der Waals surface area contributed by atoms with Crippen molar-refractivity contribution in [2.75, 3.05) is 13.1 Å². The van der Waals surface area contributed by atoms with Gasteiger partial charge < -0.3 is 5.11 Å². The minimum absolute atomic E-state index is 0.0229. The van der Waals surface area contributed by atoms with Gasteiger partial charge in [0.25, 0.3) is 0 Å². The third-order valence-corrected chi connectivity index (χ3v) is 4.77. The molecule has 5 nitrogen and oxygen atoms in total. The van der Waals surface area contributed by atoms with Crippen LogP contribution in [0.3, 0.4) is 0 Å². The van der Waals surface area contributed by atoms with E-state index in [4.69, 9.17) is 0 Å². The molecular formula is C15H18N4OS. The molecule has 0 bridgehead atoms. The number of rotatable bonds is 5. The Labute approximate surface area is 127 Å². The quantitative estimate of drug-likeness (QED) is 0.787. The lowest BCUT2D eigenvalue weighted by Crippen LogP contribution is -2.28. The lowest BCUT2D eigenvalue weighted by atomic mass is 10.0. The van der Waals surface area contributed by atoms with Crippen molar-refractivity contribution in [1.82, 2.24) is 19.5 Å². The molecule has 0 amide bonds. The minimum atomic E-state index is 0.0229. The molecule has 0 aliphatic carbocycles. The van der Waals surface area contributed by atoms with Gasteiger partial charge in [-0.05, 0) is 18.7 Å². The fraction of sp³-hybridized carbons (Fsp3) is 0.333. The topological polar surface area (TPSA) is 53.7 Å². The van der Waals surface area contributed by atoms with Crippen LogP contribution in [-0.4, -0.2) is 37.7 Å². The van der Waals surface area contributed by atoms with Crippen molar-refractivity contribution < 1.29 is 5.11 Å². The van der Waals surface area contributed by atoms with Crippen molar-refractivity contribution in [3.05, 3.63) is 47.1 Å². The molecule has 1 unspecified atom stereocenters. The SMILES string of the molecule is CCN(CC)C(c1ccccc1)c1sc2ncnn2c1O. The van der Waals surface area contributed by atoms with E-state index in [0.717, 1.165) is 22.9 Å². The summed E-state index contributed by atoms with van der Waals surface area (Å²) in [6.45, 7) is 6.08. The molecule has 3 rings (SSSR count). The fourth-order valence-corrected chi connectivity index (χ4v) is 3.72. The number of fused-ring (bicyclic) bond motifs is 1. The lowest BCUT2D eigenvalue weighted by Gasteiger charge is -2.29. The first-order valence-corrected chi connectivity index (χ1v) is 7.88. The van der Waals surface area contributed by atoms with Crippen LogP contribution in [0, 0.1) is 0 Å². The summed E-state index contributed by atoms with van der Waals surface area (Å²) in [6.07, 6.45) is 1.46. The molecule has 0 spiro atoms. The summed E-state index contributed by atoms with van der Waals surface area (Å²) < 4.78 is 1.50. The normalized spacial score (nSPS) is 13.1. The Bertz CT molecular complexity index is 718. The zero-order valence-corrected chi connectivity index (χ0v) is 12.9. The summed E-state index contributed by atoms with van der Waals surface area (Å²) in [7, 11) is 0. The molecule has 0 saturated heterocycles. The van der Waals surface area contributed by atoms with E-state index in [1.165, 1.54) is 27.7 Å². The molecule has 0 aliphatic rings. The summed E-state index contributed by atoms with van der Waals surface area (Å²) in [6, 6.07) is 10.3. The summed E-state index contributed by atoms with van der Waals surface area (Å²) in [4.78, 5) is 8.11. The van der Waals surface area contributed by atoms with Crippen LogP contribution in [0.25, 0.3) is 4.96 Å².